The summed E-state index contributed by atoms with van der Waals surface area (Å²) in [6.07, 6.45) is 0.546. The Bertz CT molecular complexity index is 884. The van der Waals surface area contributed by atoms with E-state index in [4.69, 9.17) is 18.9 Å². The van der Waals surface area contributed by atoms with Crippen LogP contribution in [0.2, 0.25) is 0 Å². The van der Waals surface area contributed by atoms with Crippen molar-refractivity contribution in [1.82, 2.24) is 5.32 Å². The minimum Gasteiger partial charge on any atom is -0.497 e. The minimum atomic E-state index is -0.152. The summed E-state index contributed by atoms with van der Waals surface area (Å²) in [4.78, 5) is 0. The molecule has 2 aromatic carbocycles. The molecule has 156 valence electrons. The first-order valence-electron chi connectivity index (χ1n) is 9.47. The van der Waals surface area contributed by atoms with Gasteiger partial charge in [0.1, 0.15) is 23.0 Å². The molecule has 0 amide bonds. The van der Waals surface area contributed by atoms with Crippen molar-refractivity contribution in [3.63, 3.8) is 0 Å². The van der Waals surface area contributed by atoms with Crippen LogP contribution in [0.5, 0.6) is 23.0 Å². The van der Waals surface area contributed by atoms with Crippen LogP contribution in [0.15, 0.2) is 41.6 Å². The van der Waals surface area contributed by atoms with Crippen molar-refractivity contribution in [3.05, 3.63) is 47.5 Å². The quantitative estimate of drug-likeness (QED) is 0.564. The highest BCUT2D eigenvalue weighted by molar-refractivity contribution is 5.88. The standard InChI is InChI=1S/C22H28N2O5/c1-13-18(24-25)12-19(16-10-14(26-2)6-8-20(16)28-4)23-22(13)17-11-15(27-3)7-9-21(17)29-5/h6-11,13,19,22-23,25H,12H2,1-5H3. The third kappa shape index (κ3) is 4.10. The number of rotatable bonds is 6. The van der Waals surface area contributed by atoms with E-state index in [0.717, 1.165) is 34.1 Å². The van der Waals surface area contributed by atoms with Crippen molar-refractivity contribution >= 4 is 5.71 Å². The second-order valence-electron chi connectivity index (χ2n) is 7.00. The van der Waals surface area contributed by atoms with Gasteiger partial charge in [-0.1, -0.05) is 12.1 Å². The Morgan fingerprint density at radius 1 is 0.862 bits per heavy atom. The van der Waals surface area contributed by atoms with Gasteiger partial charge in [0.15, 0.2) is 0 Å². The summed E-state index contributed by atoms with van der Waals surface area (Å²) < 4.78 is 22.0. The average molecular weight is 400 g/mol. The maximum absolute atomic E-state index is 9.69. The van der Waals surface area contributed by atoms with E-state index in [9.17, 15) is 5.21 Å². The minimum absolute atomic E-state index is 0.0474. The fourth-order valence-corrected chi connectivity index (χ4v) is 3.89. The predicted octanol–water partition coefficient (Wildman–Crippen LogP) is 3.96. The number of nitrogens with one attached hydrogen (secondary N) is 1. The van der Waals surface area contributed by atoms with Crippen molar-refractivity contribution in [1.29, 1.82) is 0 Å². The van der Waals surface area contributed by atoms with Gasteiger partial charge in [-0.05, 0) is 36.4 Å². The summed E-state index contributed by atoms with van der Waals surface area (Å²) in [6.45, 7) is 2.03. The van der Waals surface area contributed by atoms with Crippen molar-refractivity contribution in [2.45, 2.75) is 25.4 Å². The van der Waals surface area contributed by atoms with Crippen LogP contribution in [0.1, 0.15) is 36.6 Å². The van der Waals surface area contributed by atoms with E-state index in [1.165, 1.54) is 0 Å². The van der Waals surface area contributed by atoms with Gasteiger partial charge in [-0.2, -0.15) is 0 Å². The first kappa shape index (κ1) is 20.8. The van der Waals surface area contributed by atoms with E-state index in [0.29, 0.717) is 12.1 Å². The second-order valence-corrected chi connectivity index (χ2v) is 7.00. The molecule has 0 bridgehead atoms. The largest absolute Gasteiger partial charge is 0.497 e. The van der Waals surface area contributed by atoms with Crippen LogP contribution in [0.4, 0.5) is 0 Å². The molecule has 1 saturated heterocycles. The van der Waals surface area contributed by atoms with Crippen LogP contribution < -0.4 is 24.3 Å². The van der Waals surface area contributed by atoms with E-state index < -0.39 is 0 Å². The molecule has 0 radical (unpaired) electrons. The van der Waals surface area contributed by atoms with Gasteiger partial charge >= 0.3 is 0 Å². The first-order valence-corrected chi connectivity index (χ1v) is 9.47. The van der Waals surface area contributed by atoms with Crippen molar-refractivity contribution in [2.24, 2.45) is 11.1 Å². The van der Waals surface area contributed by atoms with Gasteiger partial charge in [-0.3, -0.25) is 0 Å². The number of nitrogens with zero attached hydrogens (tertiary/aromatic N) is 1. The highest BCUT2D eigenvalue weighted by Gasteiger charge is 2.36. The van der Waals surface area contributed by atoms with Gasteiger partial charge in [0.25, 0.3) is 0 Å². The van der Waals surface area contributed by atoms with Crippen LogP contribution in [0.25, 0.3) is 0 Å². The monoisotopic (exact) mass is 400 g/mol. The van der Waals surface area contributed by atoms with Crippen molar-refractivity contribution < 1.29 is 24.2 Å². The highest BCUT2D eigenvalue weighted by Crippen LogP contribution is 2.42. The van der Waals surface area contributed by atoms with E-state index in [1.54, 1.807) is 28.4 Å². The molecule has 3 rings (SSSR count). The molecular formula is C22H28N2O5. The molecule has 3 unspecified atom stereocenters. The van der Waals surface area contributed by atoms with Gasteiger partial charge in [0.2, 0.25) is 0 Å². The first-order chi connectivity index (χ1) is 14.1. The smallest absolute Gasteiger partial charge is 0.123 e. The summed E-state index contributed by atoms with van der Waals surface area (Å²) in [5.41, 5.74) is 2.58. The zero-order valence-electron chi connectivity index (χ0n) is 17.4. The SMILES string of the molecule is COc1ccc(OC)c(C2CC(=NO)C(C)C(c3cc(OC)ccc3OC)N2)c1. The molecule has 3 atom stereocenters. The molecule has 0 aliphatic carbocycles. The molecule has 7 heteroatoms. The lowest BCUT2D eigenvalue weighted by Crippen LogP contribution is -2.41. The molecule has 0 spiro atoms. The van der Waals surface area contributed by atoms with E-state index in [1.807, 2.05) is 43.3 Å². The molecule has 7 nitrogen and oxygen atoms in total. The molecule has 1 fully saturated rings. The molecule has 2 N–H and O–H groups in total. The number of piperidine rings is 1. The zero-order valence-corrected chi connectivity index (χ0v) is 17.4. The molecule has 29 heavy (non-hydrogen) atoms. The number of benzene rings is 2. The number of hydrogen-bond acceptors (Lipinski definition) is 7. The molecular weight excluding hydrogens is 372 g/mol. The van der Waals surface area contributed by atoms with Crippen molar-refractivity contribution in [3.8, 4) is 23.0 Å². The molecule has 1 aliphatic heterocycles. The number of hydrogen-bond donors (Lipinski definition) is 2. The van der Waals surface area contributed by atoms with Gasteiger partial charge in [0, 0.05) is 35.5 Å². The lowest BCUT2D eigenvalue weighted by atomic mass is 9.81. The molecule has 0 aromatic heterocycles. The van der Waals surface area contributed by atoms with Crippen LogP contribution in [0, 0.1) is 5.92 Å². The summed E-state index contributed by atoms with van der Waals surface area (Å²) in [5.74, 6) is 2.91. The van der Waals surface area contributed by atoms with Crippen LogP contribution in [-0.4, -0.2) is 39.4 Å². The van der Waals surface area contributed by atoms with Crippen LogP contribution in [-0.2, 0) is 0 Å². The Morgan fingerprint density at radius 3 is 1.93 bits per heavy atom. The highest BCUT2D eigenvalue weighted by atomic mass is 16.5. The van der Waals surface area contributed by atoms with E-state index in [-0.39, 0.29) is 18.0 Å². The zero-order chi connectivity index (χ0) is 21.0. The topological polar surface area (TPSA) is 81.5 Å². The van der Waals surface area contributed by atoms with Gasteiger partial charge < -0.3 is 29.5 Å². The molecule has 0 saturated carbocycles. The Morgan fingerprint density at radius 2 is 1.41 bits per heavy atom. The Kier molecular flexibility index (Phi) is 6.49. The maximum atomic E-state index is 9.69. The number of ether oxygens (including phenoxy) is 4. The summed E-state index contributed by atoms with van der Waals surface area (Å²) in [7, 11) is 6.54. The summed E-state index contributed by atoms with van der Waals surface area (Å²) in [6, 6.07) is 11.1. The average Bonchev–Trinajstić information content (AvgIpc) is 2.78. The maximum Gasteiger partial charge on any atom is 0.123 e. The summed E-state index contributed by atoms with van der Waals surface area (Å²) in [5, 5.41) is 17.0. The van der Waals surface area contributed by atoms with Gasteiger partial charge in [-0.15, -0.1) is 0 Å². The fraction of sp³-hybridized carbons (Fsp3) is 0.409. The third-order valence-electron chi connectivity index (χ3n) is 5.53. The fourth-order valence-electron chi connectivity index (χ4n) is 3.89. The lowest BCUT2D eigenvalue weighted by Gasteiger charge is -2.38. The van der Waals surface area contributed by atoms with Crippen LogP contribution in [0.3, 0.4) is 0 Å². The second kappa shape index (κ2) is 9.05. The summed E-state index contributed by atoms with van der Waals surface area (Å²) >= 11 is 0. The van der Waals surface area contributed by atoms with Crippen molar-refractivity contribution in [2.75, 3.05) is 28.4 Å². The number of oxime groups is 1. The molecule has 2 aromatic rings. The Hall–Kier alpha value is -2.93. The molecule has 1 aliphatic rings. The number of methoxy groups -OCH3 is 4. The lowest BCUT2D eigenvalue weighted by molar-refractivity contribution is 0.288. The van der Waals surface area contributed by atoms with Gasteiger partial charge in [-0.25, -0.2) is 0 Å². The Balaban J connectivity index is 2.07. The third-order valence-corrected chi connectivity index (χ3v) is 5.53. The van der Waals surface area contributed by atoms with E-state index in [2.05, 4.69) is 10.5 Å². The van der Waals surface area contributed by atoms with Gasteiger partial charge in [0.05, 0.1) is 34.2 Å². The Labute approximate surface area is 171 Å². The molecule has 1 heterocycles. The van der Waals surface area contributed by atoms with Crippen LogP contribution >= 0.6 is 0 Å². The predicted molar refractivity (Wildman–Crippen MR) is 111 cm³/mol. The normalized spacial score (nSPS) is 22.9. The van der Waals surface area contributed by atoms with E-state index >= 15 is 0 Å².